The molecule has 1 aliphatic rings. The van der Waals surface area contributed by atoms with E-state index in [0.29, 0.717) is 28.0 Å². The van der Waals surface area contributed by atoms with Gasteiger partial charge in [-0.2, -0.15) is 0 Å². The van der Waals surface area contributed by atoms with Gasteiger partial charge in [-0.05, 0) is 73.9 Å². The van der Waals surface area contributed by atoms with Gasteiger partial charge < -0.3 is 4.42 Å². The first-order valence-electron chi connectivity index (χ1n) is 10.4. The minimum atomic E-state index is -0.829. The molecule has 33 heavy (non-hydrogen) atoms. The van der Waals surface area contributed by atoms with Gasteiger partial charge in [-0.3, -0.25) is 24.6 Å². The second kappa shape index (κ2) is 7.37. The first-order chi connectivity index (χ1) is 15.8. The van der Waals surface area contributed by atoms with E-state index < -0.39 is 16.9 Å². The number of benzene rings is 2. The van der Waals surface area contributed by atoms with Crippen LogP contribution in [0.2, 0.25) is 0 Å². The van der Waals surface area contributed by atoms with Crippen LogP contribution in [0.3, 0.4) is 0 Å². The van der Waals surface area contributed by atoms with Crippen LogP contribution in [0.5, 0.6) is 0 Å². The molecule has 1 atom stereocenters. The van der Waals surface area contributed by atoms with Crippen molar-refractivity contribution in [1.29, 1.82) is 0 Å². The average Bonchev–Trinajstić information content (AvgIpc) is 3.08. The number of nitro groups is 1. The number of carbonyl (C=O) groups is 1. The minimum absolute atomic E-state index is 0.0394. The number of nitrogens with zero attached hydrogens (tertiary/aromatic N) is 3. The van der Waals surface area contributed by atoms with Crippen LogP contribution in [-0.2, 0) is 0 Å². The lowest BCUT2D eigenvalue weighted by atomic mass is 9.97. The predicted molar refractivity (Wildman–Crippen MR) is 123 cm³/mol. The summed E-state index contributed by atoms with van der Waals surface area (Å²) in [5, 5.41) is 11.5. The zero-order chi connectivity index (χ0) is 23.4. The van der Waals surface area contributed by atoms with Gasteiger partial charge in [0, 0.05) is 17.8 Å². The highest BCUT2D eigenvalue weighted by atomic mass is 16.6. The van der Waals surface area contributed by atoms with Crippen molar-refractivity contribution in [2.75, 3.05) is 4.90 Å². The number of amides is 1. The Bertz CT molecular complexity index is 1520. The second-order valence-electron chi connectivity index (χ2n) is 8.17. The van der Waals surface area contributed by atoms with E-state index in [9.17, 15) is 19.7 Å². The van der Waals surface area contributed by atoms with Crippen molar-refractivity contribution < 1.29 is 14.1 Å². The van der Waals surface area contributed by atoms with E-state index in [2.05, 4.69) is 4.98 Å². The van der Waals surface area contributed by atoms with Crippen molar-refractivity contribution in [3.8, 4) is 0 Å². The van der Waals surface area contributed by atoms with Gasteiger partial charge >= 0.3 is 0 Å². The van der Waals surface area contributed by atoms with E-state index >= 15 is 0 Å². The van der Waals surface area contributed by atoms with Gasteiger partial charge in [-0.1, -0.05) is 6.07 Å². The van der Waals surface area contributed by atoms with Crippen molar-refractivity contribution >= 4 is 28.4 Å². The van der Waals surface area contributed by atoms with Gasteiger partial charge in [0.2, 0.25) is 5.76 Å². The molecule has 1 amide bonds. The fourth-order valence-electron chi connectivity index (χ4n) is 4.22. The van der Waals surface area contributed by atoms with Crippen molar-refractivity contribution in [3.63, 3.8) is 0 Å². The number of aryl methyl sites for hydroxylation is 3. The number of non-ortho nitro benzene ring substituents is 1. The minimum Gasteiger partial charge on any atom is -0.450 e. The first-order valence-corrected chi connectivity index (χ1v) is 10.4. The Balaban J connectivity index is 1.80. The number of hydrogen-bond acceptors (Lipinski definition) is 6. The number of aromatic nitrogens is 1. The van der Waals surface area contributed by atoms with Crippen LogP contribution < -0.4 is 10.3 Å². The Morgan fingerprint density at radius 2 is 1.70 bits per heavy atom. The number of hydrogen-bond donors (Lipinski definition) is 0. The number of fused-ring (bicyclic) bond motifs is 2. The lowest BCUT2D eigenvalue weighted by molar-refractivity contribution is -0.384. The van der Waals surface area contributed by atoms with E-state index in [1.807, 2.05) is 13.8 Å². The summed E-state index contributed by atoms with van der Waals surface area (Å²) in [5.74, 6) is -0.156. The highest BCUT2D eigenvalue weighted by molar-refractivity contribution is 6.10. The number of pyridine rings is 1. The molecule has 0 saturated heterocycles. The van der Waals surface area contributed by atoms with E-state index in [1.165, 1.54) is 17.0 Å². The van der Waals surface area contributed by atoms with Gasteiger partial charge in [0.15, 0.2) is 5.43 Å². The molecule has 1 aliphatic heterocycles. The Hall–Kier alpha value is -4.33. The molecule has 4 aromatic rings. The molecule has 8 nitrogen and oxygen atoms in total. The van der Waals surface area contributed by atoms with Crippen LogP contribution in [-0.4, -0.2) is 15.8 Å². The van der Waals surface area contributed by atoms with Crippen LogP contribution in [0.4, 0.5) is 11.5 Å². The highest BCUT2D eigenvalue weighted by Crippen LogP contribution is 2.41. The summed E-state index contributed by atoms with van der Waals surface area (Å²) in [5.41, 5.74) is 3.29. The molecular formula is C25H19N3O5. The molecule has 8 heteroatoms. The third-order valence-electron chi connectivity index (χ3n) is 6.03. The lowest BCUT2D eigenvalue weighted by Crippen LogP contribution is -2.30. The molecule has 164 valence electrons. The maximum atomic E-state index is 13.7. The lowest BCUT2D eigenvalue weighted by Gasteiger charge is -2.24. The summed E-state index contributed by atoms with van der Waals surface area (Å²) in [6.07, 6.45) is 0. The summed E-state index contributed by atoms with van der Waals surface area (Å²) in [6.45, 7) is 5.62. The second-order valence-corrected chi connectivity index (χ2v) is 8.17. The average molecular weight is 441 g/mol. The summed E-state index contributed by atoms with van der Waals surface area (Å²) in [7, 11) is 0. The van der Waals surface area contributed by atoms with Gasteiger partial charge in [0.25, 0.3) is 11.6 Å². The van der Waals surface area contributed by atoms with Crippen molar-refractivity contribution in [2.45, 2.75) is 26.8 Å². The predicted octanol–water partition coefficient (Wildman–Crippen LogP) is 4.77. The molecule has 0 bridgehead atoms. The summed E-state index contributed by atoms with van der Waals surface area (Å²) in [4.78, 5) is 43.8. The topological polar surface area (TPSA) is 107 Å². The van der Waals surface area contributed by atoms with Gasteiger partial charge in [0.1, 0.15) is 11.4 Å². The zero-order valence-electron chi connectivity index (χ0n) is 18.2. The number of rotatable bonds is 3. The highest BCUT2D eigenvalue weighted by Gasteiger charge is 2.44. The van der Waals surface area contributed by atoms with Crippen molar-refractivity contribution in [1.82, 2.24) is 4.98 Å². The molecule has 2 aromatic heterocycles. The Labute approximate surface area is 188 Å². The Kier molecular flexibility index (Phi) is 4.59. The molecule has 0 radical (unpaired) electrons. The smallest absolute Gasteiger partial charge is 0.296 e. The van der Waals surface area contributed by atoms with E-state index in [4.69, 9.17) is 4.42 Å². The molecule has 5 rings (SSSR count). The third kappa shape index (κ3) is 3.18. The fourth-order valence-corrected chi connectivity index (χ4v) is 4.22. The van der Waals surface area contributed by atoms with Crippen molar-refractivity contribution in [2.24, 2.45) is 0 Å². The van der Waals surface area contributed by atoms with Crippen LogP contribution >= 0.6 is 0 Å². The molecule has 0 saturated carbocycles. The van der Waals surface area contributed by atoms with E-state index in [-0.39, 0.29) is 22.4 Å². The number of nitro benzene ring substituents is 1. The normalized spacial score (nSPS) is 15.2. The summed E-state index contributed by atoms with van der Waals surface area (Å²) in [6, 6.07) is 13.8. The van der Waals surface area contributed by atoms with Crippen LogP contribution in [0.25, 0.3) is 11.0 Å². The maximum Gasteiger partial charge on any atom is 0.296 e. The molecule has 3 heterocycles. The van der Waals surface area contributed by atoms with E-state index in [1.54, 1.807) is 49.4 Å². The molecule has 0 fully saturated rings. The molecule has 0 aliphatic carbocycles. The summed E-state index contributed by atoms with van der Waals surface area (Å²) >= 11 is 0. The summed E-state index contributed by atoms with van der Waals surface area (Å²) < 4.78 is 6.00. The SMILES string of the molecule is Cc1cccc(N2C(=O)c3oc4cc(C)c(C)cc4c(=O)c3C2c2ccc([N+](=O)[O-])cc2)n1. The van der Waals surface area contributed by atoms with Gasteiger partial charge in [-0.25, -0.2) is 4.98 Å². The first kappa shape index (κ1) is 20.6. The molecule has 0 spiro atoms. The Morgan fingerprint density at radius 3 is 2.36 bits per heavy atom. The van der Waals surface area contributed by atoms with Gasteiger partial charge in [-0.15, -0.1) is 0 Å². The fraction of sp³-hybridized carbons (Fsp3) is 0.160. The van der Waals surface area contributed by atoms with Gasteiger partial charge in [0.05, 0.1) is 21.9 Å². The van der Waals surface area contributed by atoms with Crippen LogP contribution in [0.15, 0.2) is 63.8 Å². The molecule has 0 N–H and O–H groups in total. The standard InChI is InChI=1S/C25H19N3O5/c1-13-11-18-19(12-14(13)2)33-24-21(23(18)29)22(16-7-9-17(10-8-16)28(31)32)27(25(24)30)20-6-4-5-15(3)26-20/h4-12,22H,1-3H3. The number of carbonyl (C=O) groups excluding carboxylic acids is 1. The Morgan fingerprint density at radius 1 is 1.00 bits per heavy atom. The van der Waals surface area contributed by atoms with Crippen LogP contribution in [0.1, 0.15) is 44.5 Å². The molecular weight excluding hydrogens is 422 g/mol. The largest absolute Gasteiger partial charge is 0.450 e. The monoisotopic (exact) mass is 441 g/mol. The van der Waals surface area contributed by atoms with Crippen molar-refractivity contribution in [3.05, 3.63) is 109 Å². The zero-order valence-corrected chi connectivity index (χ0v) is 18.2. The third-order valence-corrected chi connectivity index (χ3v) is 6.03. The van der Waals surface area contributed by atoms with E-state index in [0.717, 1.165) is 11.1 Å². The molecule has 2 aromatic carbocycles. The number of anilines is 1. The quantitative estimate of drug-likeness (QED) is 0.335. The maximum absolute atomic E-state index is 13.7. The molecule has 1 unspecified atom stereocenters. The van der Waals surface area contributed by atoms with Crippen LogP contribution in [0, 0.1) is 30.9 Å².